The first-order valence-corrected chi connectivity index (χ1v) is 39.7. The van der Waals surface area contributed by atoms with Gasteiger partial charge in [-0.15, -0.1) is 0 Å². The molecule has 1 aliphatic carbocycles. The number of hydrogen-bond acceptors (Lipinski definition) is 12. The van der Waals surface area contributed by atoms with Crippen molar-refractivity contribution < 1.29 is 28.8 Å². The minimum absolute atomic E-state index is 0. The summed E-state index contributed by atoms with van der Waals surface area (Å²) in [6.45, 7) is 78.8. The van der Waals surface area contributed by atoms with E-state index in [0.717, 1.165) is 82.9 Å². The Hall–Kier alpha value is -1.26. The molecule has 2 unspecified atom stereocenters. The first-order chi connectivity index (χ1) is 44.5. The van der Waals surface area contributed by atoms with Crippen molar-refractivity contribution in [2.24, 2.45) is 11.8 Å². The van der Waals surface area contributed by atoms with Crippen molar-refractivity contribution >= 4 is 0 Å². The van der Waals surface area contributed by atoms with E-state index in [1.54, 1.807) is 0 Å². The molecule has 0 radical (unpaired) electrons. The number of hydrogen-bond donors (Lipinski definition) is 2. The Labute approximate surface area is 592 Å². The van der Waals surface area contributed by atoms with Gasteiger partial charge in [0.15, 0.2) is 0 Å². The fourth-order valence-corrected chi connectivity index (χ4v) is 11.0. The molecule has 2 N–H and O–H groups in total. The van der Waals surface area contributed by atoms with Crippen LogP contribution in [0.5, 0.6) is 0 Å². The average molecular weight is 1340 g/mol. The molecule has 7 aliphatic rings. The minimum Gasteiger partial charge on any atom is -0.391 e. The lowest BCUT2D eigenvalue weighted by Gasteiger charge is -2.29. The first kappa shape index (κ1) is 104. The Bertz CT molecular complexity index is 1450. The molecule has 1 aromatic rings. The van der Waals surface area contributed by atoms with E-state index in [1.807, 2.05) is 82.2 Å². The van der Waals surface area contributed by atoms with Crippen LogP contribution in [0.3, 0.4) is 0 Å². The van der Waals surface area contributed by atoms with Crippen LogP contribution in [0.4, 0.5) is 0 Å². The molecule has 0 aromatic heterocycles. The third kappa shape index (κ3) is 72.0. The van der Waals surface area contributed by atoms with E-state index in [4.69, 9.17) is 28.8 Å². The lowest BCUT2D eigenvalue weighted by Crippen LogP contribution is -2.38. The molecule has 7 fully saturated rings. The summed E-state index contributed by atoms with van der Waals surface area (Å²) in [5.41, 5.74) is 1.41. The second kappa shape index (κ2) is 75.9. The zero-order chi connectivity index (χ0) is 71.6. The summed E-state index contributed by atoms with van der Waals surface area (Å²) in [5, 5.41) is 12.2. The number of nitrogens with one attached hydrogen (secondary N) is 1. The molecule has 12 heteroatoms. The van der Waals surface area contributed by atoms with Crippen molar-refractivity contribution in [1.82, 2.24) is 29.8 Å². The quantitative estimate of drug-likeness (QED) is 0.138. The van der Waals surface area contributed by atoms with Crippen LogP contribution in [-0.4, -0.2) is 209 Å². The van der Waals surface area contributed by atoms with Crippen LogP contribution >= 0.6 is 0 Å². The molecule has 6 heterocycles. The zero-order valence-corrected chi connectivity index (χ0v) is 68.0. The normalized spacial score (nSPS) is 18.7. The number of piperidine rings is 2. The van der Waals surface area contributed by atoms with Crippen molar-refractivity contribution in [2.75, 3.05) is 125 Å². The first-order valence-electron chi connectivity index (χ1n) is 39.7. The van der Waals surface area contributed by atoms with Crippen molar-refractivity contribution in [3.05, 3.63) is 35.9 Å². The van der Waals surface area contributed by atoms with Crippen LogP contribution in [0.25, 0.3) is 0 Å². The molecule has 1 aromatic carbocycles. The van der Waals surface area contributed by atoms with E-state index >= 15 is 0 Å². The number of benzene rings is 1. The molecule has 12 nitrogen and oxygen atoms in total. The molecule has 0 amide bonds. The molecule has 6 aliphatic heterocycles. The SMILES string of the molecule is C.CC.CC.CC.CC.CC(C)CN1CCCC1.CC(C)CN1CCCCC1.CC(C)N1CCCC1.CC(C)N1CCCCC1.CC(C)OC1CCCCC1.CC(C)OC1CCNC1.CC(C)OCCN1CCOCC1.CC(C)c1ccccc1.CCC(O)COC(C)C. The maximum Gasteiger partial charge on any atom is 0.0771 e. The fraction of sp³-hybridized carbons (Fsp3) is 0.927. The highest BCUT2D eigenvalue weighted by Crippen LogP contribution is 2.21. The standard InChI is InChI=1S/C9H19NO2.C9H19N.C9H18O.C9H12.2C8H17N.C7H15NO.C7H15N.C7H16O2.4C2H6.CH4/c1-9(2)12-8-5-10-3-6-11-7-4-10;1-9(2)8-10-6-4-3-5-7-10;1-8(2)10-9-6-4-3-5-7-9;1-8(2)9-6-4-3-5-7-9;1-8(2)7-9-5-3-4-6-9;1-8(2)9-6-4-3-5-7-9;1-6(2)9-7-3-4-8-5-7;1-7(2)8-5-3-4-6-8;1-4-7(8)5-9-6(2)3;4*1-2;/h9H,3-8H2,1-2H3;9H,3-8H2,1-2H3;8-9H,3-7H2,1-2H3;3-8H,1-2H3;2*8H,3-7H2,1-2H3;6-8H,3-5H2,1-2H3;7H,3-6H2,1-2H3;6-8H,4-5H2,1-3H3;4*1-2H3;1H4. The highest BCUT2D eigenvalue weighted by molar-refractivity contribution is 5.17. The summed E-state index contributed by atoms with van der Waals surface area (Å²) >= 11 is 0. The number of rotatable bonds is 19. The van der Waals surface area contributed by atoms with Gasteiger partial charge in [0.05, 0.1) is 69.2 Å². The van der Waals surface area contributed by atoms with Gasteiger partial charge in [-0.2, -0.15) is 0 Å². The molecular weight excluding hydrogens is 1160 g/mol. The number of aliphatic hydroxyl groups is 1. The maximum absolute atomic E-state index is 8.98. The lowest BCUT2D eigenvalue weighted by atomic mass is 9.98. The lowest BCUT2D eigenvalue weighted by molar-refractivity contribution is -0.0118. The van der Waals surface area contributed by atoms with Gasteiger partial charge < -0.3 is 53.7 Å². The highest BCUT2D eigenvalue weighted by atomic mass is 16.5. The molecule has 0 bridgehead atoms. The predicted molar refractivity (Wildman–Crippen MR) is 421 cm³/mol. The van der Waals surface area contributed by atoms with Crippen LogP contribution < -0.4 is 5.32 Å². The van der Waals surface area contributed by atoms with Crippen molar-refractivity contribution in [3.63, 3.8) is 0 Å². The van der Waals surface area contributed by atoms with Crippen LogP contribution in [0.15, 0.2) is 30.3 Å². The van der Waals surface area contributed by atoms with E-state index in [9.17, 15) is 0 Å². The van der Waals surface area contributed by atoms with E-state index in [2.05, 4.69) is 165 Å². The van der Waals surface area contributed by atoms with Gasteiger partial charge in [-0.25, -0.2) is 0 Å². The summed E-state index contributed by atoms with van der Waals surface area (Å²) in [5.74, 6) is 2.35. The Balaban J connectivity index is -0.000000228. The molecule has 0 spiro atoms. The van der Waals surface area contributed by atoms with Gasteiger partial charge in [-0.1, -0.05) is 174 Å². The minimum atomic E-state index is -0.285. The van der Waals surface area contributed by atoms with Crippen LogP contribution in [0.1, 0.15) is 315 Å². The monoisotopic (exact) mass is 1340 g/mol. The van der Waals surface area contributed by atoms with E-state index in [1.165, 1.54) is 174 Å². The third-order valence-corrected chi connectivity index (χ3v) is 15.9. The maximum atomic E-state index is 8.98. The Morgan fingerprint density at radius 1 is 0.457 bits per heavy atom. The van der Waals surface area contributed by atoms with Gasteiger partial charge in [-0.05, 0) is 242 Å². The zero-order valence-electron chi connectivity index (χ0n) is 68.0. The fourth-order valence-electron chi connectivity index (χ4n) is 11.0. The van der Waals surface area contributed by atoms with Gasteiger partial charge in [0.1, 0.15) is 0 Å². The molecule has 8 rings (SSSR count). The Kier molecular flexibility index (Phi) is 83.8. The number of nitrogens with zero attached hydrogens (tertiary/aromatic N) is 5. The molecule has 1 saturated carbocycles. The van der Waals surface area contributed by atoms with Gasteiger partial charge in [-0.3, -0.25) is 4.90 Å². The number of aliphatic hydroxyl groups excluding tert-OH is 1. The van der Waals surface area contributed by atoms with Gasteiger partial charge in [0.25, 0.3) is 0 Å². The molecule has 570 valence electrons. The molecular formula is C82H176N6O6. The largest absolute Gasteiger partial charge is 0.391 e. The second-order valence-electron chi connectivity index (χ2n) is 27.8. The number of likely N-dealkylation sites (tertiary alicyclic amines) is 4. The molecule has 6 saturated heterocycles. The van der Waals surface area contributed by atoms with E-state index < -0.39 is 0 Å². The topological polar surface area (TPSA) is 94.6 Å². The summed E-state index contributed by atoms with van der Waals surface area (Å²) in [6.07, 6.45) is 25.1. The van der Waals surface area contributed by atoms with Gasteiger partial charge in [0.2, 0.25) is 0 Å². The number of ether oxygens (including phenoxy) is 5. The summed E-state index contributed by atoms with van der Waals surface area (Å²) in [4.78, 5) is 12.6. The predicted octanol–water partition coefficient (Wildman–Crippen LogP) is 20.2. The van der Waals surface area contributed by atoms with Gasteiger partial charge >= 0.3 is 0 Å². The Morgan fingerprint density at radius 3 is 1.17 bits per heavy atom. The molecule has 2 atom stereocenters. The summed E-state index contributed by atoms with van der Waals surface area (Å²) < 4.78 is 27.1. The van der Waals surface area contributed by atoms with Crippen LogP contribution in [-0.2, 0) is 23.7 Å². The van der Waals surface area contributed by atoms with Gasteiger partial charge in [0, 0.05) is 51.4 Å². The van der Waals surface area contributed by atoms with Crippen molar-refractivity contribution in [3.8, 4) is 0 Å². The Morgan fingerprint density at radius 2 is 0.840 bits per heavy atom. The average Bonchev–Trinajstić information content (AvgIpc) is 4.60. The second-order valence-corrected chi connectivity index (χ2v) is 27.8. The summed E-state index contributed by atoms with van der Waals surface area (Å²) in [6, 6.07) is 12.1. The van der Waals surface area contributed by atoms with E-state index in [0.29, 0.717) is 43.0 Å². The van der Waals surface area contributed by atoms with E-state index in [-0.39, 0.29) is 19.6 Å². The van der Waals surface area contributed by atoms with Crippen molar-refractivity contribution in [2.45, 2.75) is 364 Å². The number of morpholine rings is 1. The third-order valence-electron chi connectivity index (χ3n) is 15.9. The van der Waals surface area contributed by atoms with Crippen LogP contribution in [0, 0.1) is 11.8 Å². The summed E-state index contributed by atoms with van der Waals surface area (Å²) in [7, 11) is 0. The molecule has 94 heavy (non-hydrogen) atoms. The van der Waals surface area contributed by atoms with Crippen molar-refractivity contribution in [1.29, 1.82) is 0 Å². The highest BCUT2D eigenvalue weighted by Gasteiger charge is 2.18. The smallest absolute Gasteiger partial charge is 0.0771 e. The van der Waals surface area contributed by atoms with Crippen LogP contribution in [0.2, 0.25) is 0 Å².